The number of rotatable bonds is 4. The molecule has 0 amide bonds. The predicted molar refractivity (Wildman–Crippen MR) is 83.0 cm³/mol. The second-order valence-electron chi connectivity index (χ2n) is 6.74. The van der Waals surface area contributed by atoms with E-state index in [1.54, 1.807) is 0 Å². The van der Waals surface area contributed by atoms with Crippen molar-refractivity contribution in [2.45, 2.75) is 57.0 Å². The van der Waals surface area contributed by atoms with Crippen molar-refractivity contribution < 1.29 is 0 Å². The maximum Gasteiger partial charge on any atom is 0.0249 e. The van der Waals surface area contributed by atoms with Crippen molar-refractivity contribution >= 4 is 11.3 Å². The van der Waals surface area contributed by atoms with Gasteiger partial charge in [0, 0.05) is 35.5 Å². The van der Waals surface area contributed by atoms with E-state index in [0.717, 1.165) is 18.6 Å². The van der Waals surface area contributed by atoms with Gasteiger partial charge >= 0.3 is 0 Å². The lowest BCUT2D eigenvalue weighted by atomic mass is 9.90. The normalized spacial score (nSPS) is 28.5. The number of nitrogens with zero attached hydrogens (tertiary/aromatic N) is 1. The Bertz CT molecular complexity index is 399. The van der Waals surface area contributed by atoms with E-state index < -0.39 is 0 Å². The lowest BCUT2D eigenvalue weighted by Gasteiger charge is -2.34. The van der Waals surface area contributed by atoms with Gasteiger partial charge in [0.05, 0.1) is 0 Å². The molecular formula is C16H26N2S. The standard InChI is InChI=1S/C16H26N2S/c1-16(2,15-7-5-11-19-15)12-17-13-8-10-18-9-4-3-6-14(13)18/h5,7,11,13-14,17H,3-4,6,8-10,12H2,1-2H3. The molecule has 106 valence electrons. The molecule has 0 spiro atoms. The summed E-state index contributed by atoms with van der Waals surface area (Å²) in [5, 5.41) is 6.06. The van der Waals surface area contributed by atoms with E-state index in [2.05, 4.69) is 41.6 Å². The first-order chi connectivity index (χ1) is 9.17. The van der Waals surface area contributed by atoms with Gasteiger partial charge in [-0.3, -0.25) is 4.90 Å². The average molecular weight is 278 g/mol. The highest BCUT2D eigenvalue weighted by molar-refractivity contribution is 7.10. The van der Waals surface area contributed by atoms with Crippen LogP contribution in [0.15, 0.2) is 17.5 Å². The largest absolute Gasteiger partial charge is 0.311 e. The highest BCUT2D eigenvalue weighted by Gasteiger charge is 2.36. The van der Waals surface area contributed by atoms with E-state index in [1.807, 2.05) is 11.3 Å². The molecule has 2 unspecified atom stereocenters. The Morgan fingerprint density at radius 3 is 3.00 bits per heavy atom. The molecule has 0 saturated carbocycles. The van der Waals surface area contributed by atoms with Crippen LogP contribution in [0.1, 0.15) is 44.4 Å². The Balaban J connectivity index is 1.57. The molecule has 0 radical (unpaired) electrons. The molecule has 2 saturated heterocycles. The monoisotopic (exact) mass is 278 g/mol. The Kier molecular flexibility index (Phi) is 3.97. The van der Waals surface area contributed by atoms with Crippen molar-refractivity contribution in [1.82, 2.24) is 10.2 Å². The third-order valence-electron chi connectivity index (χ3n) is 4.85. The number of hydrogen-bond donors (Lipinski definition) is 1. The van der Waals surface area contributed by atoms with Crippen LogP contribution in [0.2, 0.25) is 0 Å². The van der Waals surface area contributed by atoms with Crippen LogP contribution in [0.5, 0.6) is 0 Å². The third-order valence-corrected chi connectivity index (χ3v) is 6.09. The van der Waals surface area contributed by atoms with Gasteiger partial charge < -0.3 is 5.32 Å². The molecule has 1 aromatic rings. The summed E-state index contributed by atoms with van der Waals surface area (Å²) < 4.78 is 0. The fourth-order valence-corrected chi connectivity index (χ4v) is 4.47. The lowest BCUT2D eigenvalue weighted by Crippen LogP contribution is -2.47. The third kappa shape index (κ3) is 2.88. The lowest BCUT2D eigenvalue weighted by molar-refractivity contribution is 0.178. The fourth-order valence-electron chi connectivity index (χ4n) is 3.62. The molecule has 0 aliphatic carbocycles. The number of nitrogens with one attached hydrogen (secondary N) is 1. The van der Waals surface area contributed by atoms with Crippen molar-refractivity contribution in [3.63, 3.8) is 0 Å². The first-order valence-electron chi connectivity index (χ1n) is 7.68. The molecule has 0 aromatic carbocycles. The zero-order valence-corrected chi connectivity index (χ0v) is 13.0. The zero-order valence-electron chi connectivity index (χ0n) is 12.2. The van der Waals surface area contributed by atoms with Gasteiger partial charge in [0.15, 0.2) is 0 Å². The summed E-state index contributed by atoms with van der Waals surface area (Å²) in [6, 6.07) is 5.97. The molecule has 1 N–H and O–H groups in total. The van der Waals surface area contributed by atoms with Crippen molar-refractivity contribution in [1.29, 1.82) is 0 Å². The SMILES string of the molecule is CC(C)(CNC1CCN2CCCCC12)c1cccs1. The van der Waals surface area contributed by atoms with Crippen LogP contribution in [0.25, 0.3) is 0 Å². The van der Waals surface area contributed by atoms with E-state index in [9.17, 15) is 0 Å². The average Bonchev–Trinajstić information content (AvgIpc) is 3.07. The Hall–Kier alpha value is -0.380. The van der Waals surface area contributed by atoms with Crippen LogP contribution >= 0.6 is 11.3 Å². The van der Waals surface area contributed by atoms with Crippen LogP contribution in [-0.4, -0.2) is 36.6 Å². The van der Waals surface area contributed by atoms with Gasteiger partial charge in [-0.05, 0) is 37.3 Å². The molecular weight excluding hydrogens is 252 g/mol. The molecule has 2 aliphatic heterocycles. The van der Waals surface area contributed by atoms with Crippen molar-refractivity contribution in [3.8, 4) is 0 Å². The van der Waals surface area contributed by atoms with Crippen LogP contribution in [0, 0.1) is 0 Å². The van der Waals surface area contributed by atoms with E-state index in [0.29, 0.717) is 0 Å². The first kappa shape index (κ1) is 13.6. The molecule has 2 atom stereocenters. The fraction of sp³-hybridized carbons (Fsp3) is 0.750. The van der Waals surface area contributed by atoms with Gasteiger partial charge in [0.1, 0.15) is 0 Å². The van der Waals surface area contributed by atoms with Crippen LogP contribution < -0.4 is 5.32 Å². The molecule has 2 fully saturated rings. The smallest absolute Gasteiger partial charge is 0.0249 e. The molecule has 0 bridgehead atoms. The van der Waals surface area contributed by atoms with Crippen LogP contribution in [-0.2, 0) is 5.41 Å². The van der Waals surface area contributed by atoms with Gasteiger partial charge in [-0.15, -0.1) is 11.3 Å². The Morgan fingerprint density at radius 1 is 1.32 bits per heavy atom. The number of hydrogen-bond acceptors (Lipinski definition) is 3. The summed E-state index contributed by atoms with van der Waals surface area (Å²) in [6.07, 6.45) is 5.57. The van der Waals surface area contributed by atoms with E-state index in [1.165, 1.54) is 43.6 Å². The maximum atomic E-state index is 3.87. The topological polar surface area (TPSA) is 15.3 Å². The second kappa shape index (κ2) is 5.55. The minimum absolute atomic E-state index is 0.260. The highest BCUT2D eigenvalue weighted by atomic mass is 32.1. The zero-order chi connectivity index (χ0) is 13.3. The Morgan fingerprint density at radius 2 is 2.21 bits per heavy atom. The molecule has 3 rings (SSSR count). The van der Waals surface area contributed by atoms with Crippen LogP contribution in [0.4, 0.5) is 0 Å². The first-order valence-corrected chi connectivity index (χ1v) is 8.56. The summed E-state index contributed by atoms with van der Waals surface area (Å²) in [7, 11) is 0. The Labute approximate surface area is 121 Å². The quantitative estimate of drug-likeness (QED) is 0.909. The maximum absolute atomic E-state index is 3.87. The molecule has 1 aromatic heterocycles. The van der Waals surface area contributed by atoms with E-state index in [-0.39, 0.29) is 5.41 Å². The summed E-state index contributed by atoms with van der Waals surface area (Å²) in [4.78, 5) is 4.21. The van der Waals surface area contributed by atoms with Crippen molar-refractivity contribution in [3.05, 3.63) is 22.4 Å². The highest BCUT2D eigenvalue weighted by Crippen LogP contribution is 2.30. The number of piperidine rings is 1. The van der Waals surface area contributed by atoms with E-state index in [4.69, 9.17) is 0 Å². The number of thiophene rings is 1. The summed E-state index contributed by atoms with van der Waals surface area (Å²) in [5.74, 6) is 0. The van der Waals surface area contributed by atoms with Gasteiger partial charge in [0.25, 0.3) is 0 Å². The molecule has 3 heteroatoms. The minimum atomic E-state index is 0.260. The van der Waals surface area contributed by atoms with Gasteiger partial charge in [-0.1, -0.05) is 26.3 Å². The summed E-state index contributed by atoms with van der Waals surface area (Å²) in [6.45, 7) is 8.46. The predicted octanol–water partition coefficient (Wildman–Crippen LogP) is 3.24. The molecule has 2 nitrogen and oxygen atoms in total. The van der Waals surface area contributed by atoms with Gasteiger partial charge in [0.2, 0.25) is 0 Å². The number of fused-ring (bicyclic) bond motifs is 1. The van der Waals surface area contributed by atoms with Crippen LogP contribution in [0.3, 0.4) is 0 Å². The van der Waals surface area contributed by atoms with Gasteiger partial charge in [-0.2, -0.15) is 0 Å². The summed E-state index contributed by atoms with van der Waals surface area (Å²) >= 11 is 1.88. The molecule has 19 heavy (non-hydrogen) atoms. The minimum Gasteiger partial charge on any atom is -0.311 e. The van der Waals surface area contributed by atoms with Crippen molar-refractivity contribution in [2.75, 3.05) is 19.6 Å². The molecule has 3 heterocycles. The van der Waals surface area contributed by atoms with Gasteiger partial charge in [-0.25, -0.2) is 0 Å². The summed E-state index contributed by atoms with van der Waals surface area (Å²) in [5.41, 5.74) is 0.260. The van der Waals surface area contributed by atoms with E-state index >= 15 is 0 Å². The molecule has 2 aliphatic rings. The second-order valence-corrected chi connectivity index (χ2v) is 7.68. The van der Waals surface area contributed by atoms with Crippen molar-refractivity contribution in [2.24, 2.45) is 0 Å².